The first-order valence-electron chi connectivity index (χ1n) is 5.74. The number of nitrogens with one attached hydrogen (secondary N) is 1. The number of benzene rings is 1. The second-order valence-corrected chi connectivity index (χ2v) is 5.08. The van der Waals surface area contributed by atoms with Crippen molar-refractivity contribution in [2.45, 2.75) is 32.4 Å². The molecule has 0 saturated carbocycles. The van der Waals surface area contributed by atoms with E-state index in [2.05, 4.69) is 19.2 Å². The van der Waals surface area contributed by atoms with Crippen LogP contribution in [0.4, 0.5) is 0 Å². The Labute approximate surface area is 113 Å². The molecule has 0 radical (unpaired) electrons. The van der Waals surface area contributed by atoms with Crippen LogP contribution in [0.5, 0.6) is 0 Å². The molecule has 0 bridgehead atoms. The van der Waals surface area contributed by atoms with Crippen LogP contribution in [0.2, 0.25) is 10.0 Å². The van der Waals surface area contributed by atoms with E-state index in [9.17, 15) is 0 Å². The number of rotatable bonds is 6. The molecule has 1 aromatic rings. The fourth-order valence-corrected chi connectivity index (χ4v) is 2.20. The molecule has 2 atom stereocenters. The average Bonchev–Trinajstić information content (AvgIpc) is 2.29. The number of ether oxygens (including phenoxy) is 1. The summed E-state index contributed by atoms with van der Waals surface area (Å²) in [7, 11) is 1.71. The minimum absolute atomic E-state index is 0.174. The number of hydrogen-bond acceptors (Lipinski definition) is 2. The highest BCUT2D eigenvalue weighted by Crippen LogP contribution is 2.26. The van der Waals surface area contributed by atoms with Crippen LogP contribution in [-0.2, 0) is 4.74 Å². The van der Waals surface area contributed by atoms with Crippen LogP contribution < -0.4 is 5.32 Å². The topological polar surface area (TPSA) is 21.3 Å². The van der Waals surface area contributed by atoms with E-state index in [0.717, 1.165) is 23.6 Å². The molecule has 0 aliphatic rings. The Balaban J connectivity index is 2.62. The van der Waals surface area contributed by atoms with Crippen molar-refractivity contribution in [1.29, 1.82) is 0 Å². The van der Waals surface area contributed by atoms with Gasteiger partial charge >= 0.3 is 0 Å². The molecule has 1 aromatic carbocycles. The molecule has 4 heteroatoms. The van der Waals surface area contributed by atoms with Gasteiger partial charge in [0.15, 0.2) is 0 Å². The summed E-state index contributed by atoms with van der Waals surface area (Å²) in [5, 5.41) is 4.93. The predicted molar refractivity (Wildman–Crippen MR) is 74.0 cm³/mol. The zero-order valence-electron chi connectivity index (χ0n) is 10.5. The van der Waals surface area contributed by atoms with Gasteiger partial charge in [-0.3, -0.25) is 0 Å². The molecule has 0 amide bonds. The maximum absolute atomic E-state index is 6.16. The standard InChI is InChI=1S/C13H19Cl2NO/c1-9(6-7-17-3)16-10(2)12-8-11(14)4-5-13(12)15/h4-5,8-10,16H,6-7H2,1-3H3. The third-order valence-electron chi connectivity index (χ3n) is 2.71. The van der Waals surface area contributed by atoms with E-state index >= 15 is 0 Å². The first kappa shape index (κ1) is 14.8. The molecule has 0 saturated heterocycles. The molecule has 2 unspecified atom stereocenters. The summed E-state index contributed by atoms with van der Waals surface area (Å²) < 4.78 is 5.06. The summed E-state index contributed by atoms with van der Waals surface area (Å²) in [6, 6.07) is 6.09. The van der Waals surface area contributed by atoms with Crippen molar-refractivity contribution in [1.82, 2.24) is 5.32 Å². The molecule has 0 spiro atoms. The minimum Gasteiger partial charge on any atom is -0.385 e. The Bertz CT molecular complexity index is 357. The fraction of sp³-hybridized carbons (Fsp3) is 0.538. The minimum atomic E-state index is 0.174. The van der Waals surface area contributed by atoms with E-state index in [1.807, 2.05) is 12.1 Å². The van der Waals surface area contributed by atoms with Crippen LogP contribution >= 0.6 is 23.2 Å². The highest BCUT2D eigenvalue weighted by molar-refractivity contribution is 6.33. The zero-order chi connectivity index (χ0) is 12.8. The van der Waals surface area contributed by atoms with Crippen molar-refractivity contribution >= 4 is 23.2 Å². The lowest BCUT2D eigenvalue weighted by atomic mass is 10.1. The van der Waals surface area contributed by atoms with E-state index in [-0.39, 0.29) is 6.04 Å². The summed E-state index contributed by atoms with van der Waals surface area (Å²) in [6.07, 6.45) is 0.971. The van der Waals surface area contributed by atoms with Crippen molar-refractivity contribution in [2.75, 3.05) is 13.7 Å². The van der Waals surface area contributed by atoms with Gasteiger partial charge in [-0.15, -0.1) is 0 Å². The van der Waals surface area contributed by atoms with Crippen LogP contribution in [0.25, 0.3) is 0 Å². The Morgan fingerprint density at radius 2 is 2.00 bits per heavy atom. The molecule has 2 nitrogen and oxygen atoms in total. The Hall–Kier alpha value is -0.280. The second-order valence-electron chi connectivity index (χ2n) is 4.24. The summed E-state index contributed by atoms with van der Waals surface area (Å²) in [5.41, 5.74) is 1.03. The molecule has 0 aromatic heterocycles. The number of halogens is 2. The van der Waals surface area contributed by atoms with Gasteiger partial charge in [-0.05, 0) is 44.0 Å². The highest BCUT2D eigenvalue weighted by Gasteiger charge is 2.12. The normalized spacial score (nSPS) is 14.6. The lowest BCUT2D eigenvalue weighted by Gasteiger charge is -2.21. The van der Waals surface area contributed by atoms with Crippen LogP contribution in [0.15, 0.2) is 18.2 Å². The smallest absolute Gasteiger partial charge is 0.0476 e. The van der Waals surface area contributed by atoms with Crippen LogP contribution in [0.1, 0.15) is 31.9 Å². The highest BCUT2D eigenvalue weighted by atomic mass is 35.5. The quantitative estimate of drug-likeness (QED) is 0.845. The van der Waals surface area contributed by atoms with Gasteiger partial charge in [0.2, 0.25) is 0 Å². The molecular formula is C13H19Cl2NO. The molecule has 17 heavy (non-hydrogen) atoms. The van der Waals surface area contributed by atoms with Crippen molar-refractivity contribution in [3.05, 3.63) is 33.8 Å². The van der Waals surface area contributed by atoms with Crippen LogP contribution in [0, 0.1) is 0 Å². The molecule has 0 aliphatic carbocycles. The number of methoxy groups -OCH3 is 1. The van der Waals surface area contributed by atoms with Gasteiger partial charge in [0.05, 0.1) is 0 Å². The number of hydrogen-bond donors (Lipinski definition) is 1. The second kappa shape index (κ2) is 7.22. The molecule has 0 aliphatic heterocycles. The lowest BCUT2D eigenvalue weighted by molar-refractivity contribution is 0.183. The molecule has 0 heterocycles. The molecular weight excluding hydrogens is 257 g/mol. The van der Waals surface area contributed by atoms with Gasteiger partial charge in [0, 0.05) is 35.8 Å². The maximum Gasteiger partial charge on any atom is 0.0476 e. The summed E-state index contributed by atoms with van der Waals surface area (Å²) in [6.45, 7) is 4.97. The largest absolute Gasteiger partial charge is 0.385 e. The van der Waals surface area contributed by atoms with Gasteiger partial charge in [-0.25, -0.2) is 0 Å². The molecule has 96 valence electrons. The Kier molecular flexibility index (Phi) is 6.28. The third kappa shape index (κ3) is 4.84. The summed E-state index contributed by atoms with van der Waals surface area (Å²) in [5.74, 6) is 0. The fourth-order valence-electron chi connectivity index (χ4n) is 1.74. The summed E-state index contributed by atoms with van der Waals surface area (Å²) >= 11 is 12.1. The van der Waals surface area contributed by atoms with E-state index in [4.69, 9.17) is 27.9 Å². The van der Waals surface area contributed by atoms with Gasteiger partial charge in [-0.1, -0.05) is 23.2 Å². The molecule has 1 N–H and O–H groups in total. The first-order valence-corrected chi connectivity index (χ1v) is 6.50. The van der Waals surface area contributed by atoms with Crippen molar-refractivity contribution in [3.63, 3.8) is 0 Å². The predicted octanol–water partition coefficient (Wildman–Crippen LogP) is 4.07. The van der Waals surface area contributed by atoms with Crippen molar-refractivity contribution < 1.29 is 4.74 Å². The molecule has 1 rings (SSSR count). The van der Waals surface area contributed by atoms with E-state index in [0.29, 0.717) is 11.1 Å². The van der Waals surface area contributed by atoms with Gasteiger partial charge < -0.3 is 10.1 Å². The van der Waals surface area contributed by atoms with E-state index < -0.39 is 0 Å². The monoisotopic (exact) mass is 275 g/mol. The average molecular weight is 276 g/mol. The van der Waals surface area contributed by atoms with Crippen LogP contribution in [0.3, 0.4) is 0 Å². The van der Waals surface area contributed by atoms with Crippen LogP contribution in [-0.4, -0.2) is 19.8 Å². The van der Waals surface area contributed by atoms with E-state index in [1.54, 1.807) is 13.2 Å². The van der Waals surface area contributed by atoms with Crippen molar-refractivity contribution in [3.8, 4) is 0 Å². The van der Waals surface area contributed by atoms with Gasteiger partial charge in [0.25, 0.3) is 0 Å². The maximum atomic E-state index is 6.16. The van der Waals surface area contributed by atoms with E-state index in [1.165, 1.54) is 0 Å². The molecule has 0 fully saturated rings. The van der Waals surface area contributed by atoms with Gasteiger partial charge in [0.1, 0.15) is 0 Å². The first-order chi connectivity index (χ1) is 8.04. The third-order valence-corrected chi connectivity index (χ3v) is 3.29. The SMILES string of the molecule is COCCC(C)NC(C)c1cc(Cl)ccc1Cl. The zero-order valence-corrected chi connectivity index (χ0v) is 12.0. The Morgan fingerprint density at radius 3 is 2.65 bits per heavy atom. The van der Waals surface area contributed by atoms with Gasteiger partial charge in [-0.2, -0.15) is 0 Å². The Morgan fingerprint density at radius 1 is 1.29 bits per heavy atom. The van der Waals surface area contributed by atoms with Crippen molar-refractivity contribution in [2.24, 2.45) is 0 Å². The summed E-state index contributed by atoms with van der Waals surface area (Å²) in [4.78, 5) is 0. The lowest BCUT2D eigenvalue weighted by Crippen LogP contribution is -2.30.